The van der Waals surface area contributed by atoms with Gasteiger partial charge in [0.05, 0.1) is 11.4 Å². The van der Waals surface area contributed by atoms with Gasteiger partial charge in [-0.2, -0.15) is 4.98 Å². The van der Waals surface area contributed by atoms with Gasteiger partial charge in [0.15, 0.2) is 5.82 Å². The molecule has 0 amide bonds. The van der Waals surface area contributed by atoms with Crippen molar-refractivity contribution in [3.05, 3.63) is 35.5 Å². The summed E-state index contributed by atoms with van der Waals surface area (Å²) in [6, 6.07) is 4.84. The first kappa shape index (κ1) is 14.5. The van der Waals surface area contributed by atoms with Crippen molar-refractivity contribution in [3.63, 3.8) is 0 Å². The van der Waals surface area contributed by atoms with E-state index >= 15 is 0 Å². The Morgan fingerprint density at radius 3 is 2.75 bits per heavy atom. The Hall–Kier alpha value is -1.93. The van der Waals surface area contributed by atoms with Crippen LogP contribution >= 0.6 is 0 Å². The van der Waals surface area contributed by atoms with Crippen LogP contribution in [-0.4, -0.2) is 18.6 Å². The Labute approximate surface area is 117 Å². The molecule has 2 aromatic rings. The van der Waals surface area contributed by atoms with E-state index in [0.717, 1.165) is 0 Å². The molecule has 0 atom stereocenters. The van der Waals surface area contributed by atoms with E-state index < -0.39 is 10.0 Å². The molecule has 0 radical (unpaired) electrons. The highest BCUT2D eigenvalue weighted by atomic mass is 32.2. The Bertz CT molecular complexity index is 709. The van der Waals surface area contributed by atoms with Crippen molar-refractivity contribution in [1.29, 1.82) is 0 Å². The van der Waals surface area contributed by atoms with Crippen LogP contribution in [0.2, 0.25) is 0 Å². The molecule has 20 heavy (non-hydrogen) atoms. The highest BCUT2D eigenvalue weighted by molar-refractivity contribution is 7.89. The lowest BCUT2D eigenvalue weighted by atomic mass is 10.1. The molecule has 3 N–H and O–H groups in total. The second-order valence-electron chi connectivity index (χ2n) is 4.27. The minimum absolute atomic E-state index is 0.0301. The highest BCUT2D eigenvalue weighted by Crippen LogP contribution is 2.19. The first-order chi connectivity index (χ1) is 9.42. The predicted molar refractivity (Wildman–Crippen MR) is 73.3 cm³/mol. The lowest BCUT2D eigenvalue weighted by molar-refractivity contribution is 0.387. The number of benzene rings is 1. The van der Waals surface area contributed by atoms with Crippen molar-refractivity contribution in [2.45, 2.75) is 31.7 Å². The Balaban J connectivity index is 2.24. The van der Waals surface area contributed by atoms with Crippen LogP contribution in [0.4, 0.5) is 5.69 Å². The first-order valence-corrected chi connectivity index (χ1v) is 7.58. The molecule has 0 bridgehead atoms. The molecule has 0 aliphatic rings. The Morgan fingerprint density at radius 1 is 1.40 bits per heavy atom. The molecular weight excluding hydrogens is 280 g/mol. The van der Waals surface area contributed by atoms with Crippen molar-refractivity contribution in [1.82, 2.24) is 14.9 Å². The lowest BCUT2D eigenvalue weighted by Gasteiger charge is -2.10. The molecule has 0 spiro atoms. The number of hydrogen-bond donors (Lipinski definition) is 2. The largest absolute Gasteiger partial charge is 0.399 e. The van der Waals surface area contributed by atoms with E-state index in [4.69, 9.17) is 10.3 Å². The van der Waals surface area contributed by atoms with Gasteiger partial charge in [-0.3, -0.25) is 0 Å². The van der Waals surface area contributed by atoms with E-state index in [-0.39, 0.29) is 17.3 Å². The molecule has 0 aliphatic carbocycles. The smallest absolute Gasteiger partial charge is 0.241 e. The van der Waals surface area contributed by atoms with Crippen LogP contribution in [-0.2, 0) is 23.0 Å². The number of nitrogens with zero attached hydrogens (tertiary/aromatic N) is 2. The van der Waals surface area contributed by atoms with E-state index in [1.807, 2.05) is 6.92 Å². The molecule has 1 aromatic carbocycles. The quantitative estimate of drug-likeness (QED) is 0.796. The fourth-order valence-electron chi connectivity index (χ4n) is 1.76. The molecular formula is C12H16N4O3S. The minimum atomic E-state index is -3.67. The third-order valence-electron chi connectivity index (χ3n) is 2.75. The van der Waals surface area contributed by atoms with Gasteiger partial charge in [0, 0.05) is 12.6 Å². The summed E-state index contributed by atoms with van der Waals surface area (Å²) in [6.45, 7) is 3.49. The normalized spacial score (nSPS) is 11.7. The summed E-state index contributed by atoms with van der Waals surface area (Å²) in [5, 5.41) is 3.63. The van der Waals surface area contributed by atoms with Gasteiger partial charge < -0.3 is 10.3 Å². The van der Waals surface area contributed by atoms with Crippen LogP contribution in [0.1, 0.15) is 24.2 Å². The topological polar surface area (TPSA) is 111 Å². The van der Waals surface area contributed by atoms with Crippen LogP contribution in [0.15, 0.2) is 27.6 Å². The van der Waals surface area contributed by atoms with Crippen LogP contribution in [0.5, 0.6) is 0 Å². The van der Waals surface area contributed by atoms with E-state index in [9.17, 15) is 8.42 Å². The minimum Gasteiger partial charge on any atom is -0.399 e. The molecule has 2 rings (SSSR count). The van der Waals surface area contributed by atoms with Crippen LogP contribution < -0.4 is 10.5 Å². The van der Waals surface area contributed by atoms with E-state index in [1.165, 1.54) is 6.07 Å². The fourth-order valence-corrected chi connectivity index (χ4v) is 3.09. The van der Waals surface area contributed by atoms with E-state index in [1.54, 1.807) is 19.1 Å². The van der Waals surface area contributed by atoms with Gasteiger partial charge in [-0.15, -0.1) is 0 Å². The van der Waals surface area contributed by atoms with Gasteiger partial charge >= 0.3 is 0 Å². The number of aromatic nitrogens is 2. The van der Waals surface area contributed by atoms with Gasteiger partial charge in [-0.05, 0) is 24.1 Å². The number of nitrogen functional groups attached to an aromatic ring is 1. The zero-order chi connectivity index (χ0) is 14.8. The van der Waals surface area contributed by atoms with E-state index in [0.29, 0.717) is 23.6 Å². The molecule has 8 heteroatoms. The summed E-state index contributed by atoms with van der Waals surface area (Å²) in [4.78, 5) is 4.12. The molecule has 1 aromatic heterocycles. The third kappa shape index (κ3) is 3.14. The van der Waals surface area contributed by atoms with Crippen molar-refractivity contribution in [3.8, 4) is 0 Å². The number of sulfonamides is 1. The maximum atomic E-state index is 12.3. The maximum Gasteiger partial charge on any atom is 0.241 e. The molecule has 108 valence electrons. The zero-order valence-electron chi connectivity index (χ0n) is 11.3. The van der Waals surface area contributed by atoms with Crippen LogP contribution in [0.3, 0.4) is 0 Å². The molecule has 0 saturated heterocycles. The zero-order valence-corrected chi connectivity index (χ0v) is 12.1. The van der Waals surface area contributed by atoms with Crippen molar-refractivity contribution in [2.24, 2.45) is 0 Å². The number of nitrogens with two attached hydrogens (primary N) is 1. The number of aryl methyl sites for hydroxylation is 2. The van der Waals surface area contributed by atoms with Gasteiger partial charge in [0.2, 0.25) is 15.9 Å². The van der Waals surface area contributed by atoms with Crippen LogP contribution in [0.25, 0.3) is 0 Å². The summed E-state index contributed by atoms with van der Waals surface area (Å²) >= 11 is 0. The average molecular weight is 296 g/mol. The number of hydrogen-bond acceptors (Lipinski definition) is 6. The summed E-state index contributed by atoms with van der Waals surface area (Å²) in [5.41, 5.74) is 6.76. The molecule has 1 heterocycles. The predicted octanol–water partition coefficient (Wildman–Crippen LogP) is 1.00. The summed E-state index contributed by atoms with van der Waals surface area (Å²) in [5.74, 6) is 0.672. The maximum absolute atomic E-state index is 12.3. The van der Waals surface area contributed by atoms with Crippen molar-refractivity contribution >= 4 is 15.7 Å². The Morgan fingerprint density at radius 2 is 2.15 bits per heavy atom. The van der Waals surface area contributed by atoms with Crippen molar-refractivity contribution in [2.75, 3.05) is 5.73 Å². The average Bonchev–Trinajstić information content (AvgIpc) is 2.82. The molecule has 0 fully saturated rings. The third-order valence-corrected chi connectivity index (χ3v) is 4.24. The number of nitrogens with one attached hydrogen (secondary N) is 1. The summed E-state index contributed by atoms with van der Waals surface area (Å²) in [7, 11) is -3.67. The first-order valence-electron chi connectivity index (χ1n) is 6.09. The van der Waals surface area contributed by atoms with E-state index in [2.05, 4.69) is 14.9 Å². The lowest BCUT2D eigenvalue weighted by Crippen LogP contribution is -2.25. The second-order valence-corrected chi connectivity index (χ2v) is 6.01. The fraction of sp³-hybridized carbons (Fsp3) is 0.333. The number of rotatable bonds is 5. The molecule has 0 unspecified atom stereocenters. The van der Waals surface area contributed by atoms with Crippen molar-refractivity contribution < 1.29 is 12.9 Å². The standard InChI is InChI=1S/C12H16N4O3S/c1-3-9-4-5-10(13)6-11(9)20(17,18)14-7-12-15-8(2)19-16-12/h4-6,14H,3,7,13H2,1-2H3. The van der Waals surface area contributed by atoms with Gasteiger partial charge in [0.1, 0.15) is 0 Å². The highest BCUT2D eigenvalue weighted by Gasteiger charge is 2.19. The molecule has 7 nitrogen and oxygen atoms in total. The monoisotopic (exact) mass is 296 g/mol. The molecule has 0 aliphatic heterocycles. The number of anilines is 1. The van der Waals surface area contributed by atoms with Gasteiger partial charge in [0.25, 0.3) is 0 Å². The van der Waals surface area contributed by atoms with Gasteiger partial charge in [-0.25, -0.2) is 13.1 Å². The molecule has 0 saturated carbocycles. The van der Waals surface area contributed by atoms with Gasteiger partial charge in [-0.1, -0.05) is 18.1 Å². The Kier molecular flexibility index (Phi) is 4.05. The SMILES string of the molecule is CCc1ccc(N)cc1S(=O)(=O)NCc1noc(C)n1. The van der Waals surface area contributed by atoms with Crippen LogP contribution in [0, 0.1) is 6.92 Å². The second kappa shape index (κ2) is 5.59. The summed E-state index contributed by atoms with van der Waals surface area (Å²) < 4.78 is 31.8. The summed E-state index contributed by atoms with van der Waals surface area (Å²) in [6.07, 6.45) is 0.595.